The van der Waals surface area contributed by atoms with Gasteiger partial charge in [0.05, 0.1) is 5.02 Å². The fourth-order valence-corrected chi connectivity index (χ4v) is 5.87. The van der Waals surface area contributed by atoms with Gasteiger partial charge in [0, 0.05) is 16.5 Å². The molecular weight excluding hydrogens is 528 g/mol. The second-order valence-corrected chi connectivity index (χ2v) is 10.4. The minimum atomic E-state index is -0.863. The molecule has 0 spiro atoms. The highest BCUT2D eigenvalue weighted by Gasteiger charge is 2.41. The standard InChI is InChI=1S/C35H25ClN4O/c1-24-21-22-31-30(23-24)32(36)33(41-31)28-19-11-12-20-29(28)34-37-39-40(38-34)35(25-13-5-2-6-14-25,26-15-7-3-8-16-26)27-17-9-4-10-18-27/h2-23H,1H3. The fraction of sp³-hybridized carbons (Fsp3) is 0.0571. The van der Waals surface area contributed by atoms with Crippen LogP contribution in [0.3, 0.4) is 0 Å². The van der Waals surface area contributed by atoms with E-state index >= 15 is 0 Å². The number of halogens is 1. The number of benzene rings is 5. The van der Waals surface area contributed by atoms with Crippen molar-refractivity contribution in [3.8, 4) is 22.7 Å². The average molecular weight is 553 g/mol. The molecule has 0 atom stereocenters. The Morgan fingerprint density at radius 3 is 1.78 bits per heavy atom. The number of hydrogen-bond acceptors (Lipinski definition) is 4. The van der Waals surface area contributed by atoms with E-state index in [-0.39, 0.29) is 0 Å². The van der Waals surface area contributed by atoms with Crippen LogP contribution in [0.25, 0.3) is 33.7 Å². The van der Waals surface area contributed by atoms with Gasteiger partial charge >= 0.3 is 0 Å². The zero-order valence-electron chi connectivity index (χ0n) is 22.3. The van der Waals surface area contributed by atoms with E-state index in [1.54, 1.807) is 4.80 Å². The predicted molar refractivity (Wildman–Crippen MR) is 163 cm³/mol. The first-order valence-corrected chi connectivity index (χ1v) is 13.8. The van der Waals surface area contributed by atoms with E-state index in [1.807, 2.05) is 104 Å². The van der Waals surface area contributed by atoms with Crippen LogP contribution < -0.4 is 0 Å². The summed E-state index contributed by atoms with van der Waals surface area (Å²) in [5.41, 5.74) is 5.62. The summed E-state index contributed by atoms with van der Waals surface area (Å²) in [7, 11) is 0. The van der Waals surface area contributed by atoms with Crippen molar-refractivity contribution >= 4 is 22.6 Å². The first kappa shape index (κ1) is 25.0. The lowest BCUT2D eigenvalue weighted by Crippen LogP contribution is -2.39. The van der Waals surface area contributed by atoms with Crippen molar-refractivity contribution in [2.75, 3.05) is 0 Å². The van der Waals surface area contributed by atoms with Crippen molar-refractivity contribution in [3.05, 3.63) is 161 Å². The highest BCUT2D eigenvalue weighted by atomic mass is 35.5. The Labute approximate surface area is 242 Å². The Balaban J connectivity index is 1.45. The van der Waals surface area contributed by atoms with Crippen LogP contribution in [0.15, 0.2) is 138 Å². The summed E-state index contributed by atoms with van der Waals surface area (Å²) < 4.78 is 6.27. The highest BCUT2D eigenvalue weighted by Crippen LogP contribution is 2.43. The molecule has 7 rings (SSSR count). The first-order valence-electron chi connectivity index (χ1n) is 13.4. The zero-order chi connectivity index (χ0) is 27.8. The van der Waals surface area contributed by atoms with Crippen molar-refractivity contribution in [1.29, 1.82) is 0 Å². The Kier molecular flexibility index (Phi) is 6.22. The lowest BCUT2D eigenvalue weighted by atomic mass is 9.77. The molecule has 0 N–H and O–H groups in total. The van der Waals surface area contributed by atoms with Crippen LogP contribution in [0.5, 0.6) is 0 Å². The number of aromatic nitrogens is 4. The number of hydrogen-bond donors (Lipinski definition) is 0. The van der Waals surface area contributed by atoms with Crippen LogP contribution in [0.2, 0.25) is 5.02 Å². The van der Waals surface area contributed by atoms with Gasteiger partial charge in [-0.05, 0) is 41.0 Å². The first-order chi connectivity index (χ1) is 20.2. The molecule has 0 saturated heterocycles. The number of rotatable bonds is 6. The van der Waals surface area contributed by atoms with Gasteiger partial charge in [0.2, 0.25) is 5.82 Å². The van der Waals surface area contributed by atoms with Gasteiger partial charge in [-0.2, -0.15) is 0 Å². The van der Waals surface area contributed by atoms with Gasteiger partial charge in [0.1, 0.15) is 5.58 Å². The molecule has 0 saturated carbocycles. The largest absolute Gasteiger partial charge is 0.454 e. The molecule has 0 unspecified atom stereocenters. The van der Waals surface area contributed by atoms with Crippen LogP contribution in [0, 0.1) is 6.92 Å². The monoisotopic (exact) mass is 552 g/mol. The van der Waals surface area contributed by atoms with Crippen LogP contribution >= 0.6 is 11.6 Å². The van der Waals surface area contributed by atoms with Crippen molar-refractivity contribution in [1.82, 2.24) is 20.2 Å². The van der Waals surface area contributed by atoms with Gasteiger partial charge in [-0.1, -0.05) is 138 Å². The Morgan fingerprint density at radius 2 is 1.20 bits per heavy atom. The fourth-order valence-electron chi connectivity index (χ4n) is 5.58. The molecule has 0 bridgehead atoms. The van der Waals surface area contributed by atoms with E-state index in [4.69, 9.17) is 26.3 Å². The van der Waals surface area contributed by atoms with Crippen LogP contribution in [0.4, 0.5) is 0 Å². The summed E-state index contributed by atoms with van der Waals surface area (Å²) >= 11 is 6.89. The SMILES string of the molecule is Cc1ccc2oc(-c3ccccc3-c3nnn(C(c4ccccc4)(c4ccccc4)c4ccccc4)n3)c(Cl)c2c1. The molecule has 5 nitrogen and oxygen atoms in total. The lowest BCUT2D eigenvalue weighted by molar-refractivity contribution is 0.396. The molecule has 2 aromatic heterocycles. The average Bonchev–Trinajstić information content (AvgIpc) is 3.64. The molecule has 0 aliphatic carbocycles. The quantitative estimate of drug-likeness (QED) is 0.194. The number of furan rings is 1. The van der Waals surface area contributed by atoms with Gasteiger partial charge in [-0.25, -0.2) is 0 Å². The lowest BCUT2D eigenvalue weighted by Gasteiger charge is -2.34. The van der Waals surface area contributed by atoms with Gasteiger partial charge in [0.15, 0.2) is 11.3 Å². The number of nitrogens with zero attached hydrogens (tertiary/aromatic N) is 4. The summed E-state index contributed by atoms with van der Waals surface area (Å²) in [6, 6.07) is 44.8. The molecule has 5 aromatic carbocycles. The molecule has 0 fully saturated rings. The highest BCUT2D eigenvalue weighted by molar-refractivity contribution is 6.38. The third-order valence-electron chi connectivity index (χ3n) is 7.48. The van der Waals surface area contributed by atoms with Gasteiger partial charge in [0.25, 0.3) is 0 Å². The summed E-state index contributed by atoms with van der Waals surface area (Å²) in [6.45, 7) is 2.04. The zero-order valence-corrected chi connectivity index (χ0v) is 23.0. The molecule has 2 heterocycles. The Bertz CT molecular complexity index is 1870. The summed E-state index contributed by atoms with van der Waals surface area (Å²) in [4.78, 5) is 1.72. The summed E-state index contributed by atoms with van der Waals surface area (Å²) in [5, 5.41) is 15.8. The third kappa shape index (κ3) is 4.14. The molecular formula is C35H25ClN4O. The van der Waals surface area contributed by atoms with Crippen LogP contribution in [-0.2, 0) is 5.54 Å². The molecule has 0 radical (unpaired) electrons. The molecule has 6 heteroatoms. The molecule has 0 aliphatic heterocycles. The molecule has 0 amide bonds. The Morgan fingerprint density at radius 1 is 0.659 bits per heavy atom. The number of aryl methyl sites for hydroxylation is 1. The van der Waals surface area contributed by atoms with Crippen LogP contribution in [0.1, 0.15) is 22.3 Å². The van der Waals surface area contributed by atoms with Crippen LogP contribution in [-0.4, -0.2) is 20.2 Å². The maximum atomic E-state index is 6.89. The van der Waals surface area contributed by atoms with E-state index in [0.717, 1.165) is 44.3 Å². The smallest absolute Gasteiger partial charge is 0.205 e. The van der Waals surface area contributed by atoms with Gasteiger partial charge in [-0.15, -0.1) is 15.0 Å². The third-order valence-corrected chi connectivity index (χ3v) is 7.86. The predicted octanol–water partition coefficient (Wildman–Crippen LogP) is 8.56. The minimum absolute atomic E-state index is 0.473. The van der Waals surface area contributed by atoms with Gasteiger partial charge in [-0.3, -0.25) is 0 Å². The second kappa shape index (κ2) is 10.2. The maximum absolute atomic E-state index is 6.89. The van der Waals surface area contributed by atoms with E-state index in [1.165, 1.54) is 0 Å². The second-order valence-electron chi connectivity index (χ2n) is 10.0. The topological polar surface area (TPSA) is 56.7 Å². The molecule has 7 aromatic rings. The summed E-state index contributed by atoms with van der Waals surface area (Å²) in [6.07, 6.45) is 0. The van der Waals surface area contributed by atoms with Crippen molar-refractivity contribution in [2.45, 2.75) is 12.5 Å². The van der Waals surface area contributed by atoms with E-state index < -0.39 is 5.54 Å². The van der Waals surface area contributed by atoms with E-state index in [2.05, 4.69) is 41.5 Å². The van der Waals surface area contributed by atoms with Crippen molar-refractivity contribution in [2.24, 2.45) is 0 Å². The summed E-state index contributed by atoms with van der Waals surface area (Å²) in [5.74, 6) is 1.06. The Hall–Kier alpha value is -5.00. The van der Waals surface area contributed by atoms with Crippen molar-refractivity contribution < 1.29 is 4.42 Å². The molecule has 198 valence electrons. The van der Waals surface area contributed by atoms with Crippen molar-refractivity contribution in [3.63, 3.8) is 0 Å². The van der Waals surface area contributed by atoms with E-state index in [0.29, 0.717) is 16.6 Å². The van der Waals surface area contributed by atoms with E-state index in [9.17, 15) is 0 Å². The number of fused-ring (bicyclic) bond motifs is 1. The molecule has 41 heavy (non-hydrogen) atoms. The molecule has 0 aliphatic rings. The number of tetrazole rings is 1. The van der Waals surface area contributed by atoms with Gasteiger partial charge < -0.3 is 4.42 Å². The maximum Gasteiger partial charge on any atom is 0.205 e. The minimum Gasteiger partial charge on any atom is -0.454 e. The normalized spacial score (nSPS) is 11.7.